The van der Waals surface area contributed by atoms with E-state index in [1.54, 1.807) is 23.5 Å². The molecule has 0 radical (unpaired) electrons. The number of halogens is 1. The molecule has 7 heteroatoms. The van der Waals surface area contributed by atoms with E-state index in [9.17, 15) is 14.0 Å². The van der Waals surface area contributed by atoms with Gasteiger partial charge < -0.3 is 15.5 Å². The van der Waals surface area contributed by atoms with Gasteiger partial charge in [-0.05, 0) is 29.6 Å². The van der Waals surface area contributed by atoms with E-state index in [0.717, 1.165) is 4.88 Å². The van der Waals surface area contributed by atoms with Crippen LogP contribution in [0, 0.1) is 5.82 Å². The number of anilines is 1. The van der Waals surface area contributed by atoms with E-state index < -0.39 is 0 Å². The molecule has 2 aromatic rings. The van der Waals surface area contributed by atoms with Crippen molar-refractivity contribution in [3.05, 3.63) is 52.5 Å². The highest BCUT2D eigenvalue weighted by Gasteiger charge is 2.31. The standard InChI is InChI=1S/C16H16FN3O2S/c17-11-3-1-4-13(7-11)20-10-12(8-15(20)21)19-16(22)18-9-14-5-2-6-23-14/h1-7,12H,8-10H2,(H2,18,19,22)/t12-/m0/s1. The molecule has 120 valence electrons. The molecule has 0 spiro atoms. The molecular formula is C16H16FN3O2S. The van der Waals surface area contributed by atoms with Crippen molar-refractivity contribution in [2.45, 2.75) is 19.0 Å². The topological polar surface area (TPSA) is 61.4 Å². The molecule has 1 atom stereocenters. The molecule has 2 N–H and O–H groups in total. The third kappa shape index (κ3) is 3.87. The second kappa shape index (κ2) is 6.78. The van der Waals surface area contributed by atoms with Gasteiger partial charge in [-0.15, -0.1) is 11.3 Å². The zero-order valence-corrected chi connectivity index (χ0v) is 13.1. The van der Waals surface area contributed by atoms with Gasteiger partial charge in [0.2, 0.25) is 5.91 Å². The molecule has 0 unspecified atom stereocenters. The van der Waals surface area contributed by atoms with Gasteiger partial charge in [-0.2, -0.15) is 0 Å². The van der Waals surface area contributed by atoms with Crippen LogP contribution in [-0.4, -0.2) is 24.5 Å². The Morgan fingerprint density at radius 1 is 1.35 bits per heavy atom. The molecule has 0 bridgehead atoms. The molecule has 1 fully saturated rings. The molecule has 1 saturated heterocycles. The molecular weight excluding hydrogens is 317 g/mol. The van der Waals surface area contributed by atoms with Gasteiger partial charge in [-0.3, -0.25) is 4.79 Å². The highest BCUT2D eigenvalue weighted by molar-refractivity contribution is 7.09. The first-order chi connectivity index (χ1) is 11.1. The van der Waals surface area contributed by atoms with Gasteiger partial charge in [-0.25, -0.2) is 9.18 Å². The summed E-state index contributed by atoms with van der Waals surface area (Å²) < 4.78 is 13.3. The zero-order valence-electron chi connectivity index (χ0n) is 12.3. The molecule has 1 aliphatic heterocycles. The first kappa shape index (κ1) is 15.5. The number of thiophene rings is 1. The number of carbonyl (C=O) groups is 2. The summed E-state index contributed by atoms with van der Waals surface area (Å²) in [6.45, 7) is 0.798. The Kier molecular flexibility index (Phi) is 4.57. The lowest BCUT2D eigenvalue weighted by Gasteiger charge is -2.17. The molecule has 3 rings (SSSR count). The molecule has 3 amide bonds. The Bertz CT molecular complexity index is 705. The highest BCUT2D eigenvalue weighted by Crippen LogP contribution is 2.22. The van der Waals surface area contributed by atoms with E-state index in [1.165, 1.54) is 17.0 Å². The number of rotatable bonds is 4. The third-order valence-corrected chi connectivity index (χ3v) is 4.46. The molecule has 23 heavy (non-hydrogen) atoms. The Morgan fingerprint density at radius 2 is 2.22 bits per heavy atom. The summed E-state index contributed by atoms with van der Waals surface area (Å²) in [6.07, 6.45) is 0.211. The summed E-state index contributed by atoms with van der Waals surface area (Å²) >= 11 is 1.57. The van der Waals surface area contributed by atoms with Crippen LogP contribution in [0.3, 0.4) is 0 Å². The fraction of sp³-hybridized carbons (Fsp3) is 0.250. The molecule has 1 aromatic carbocycles. The predicted molar refractivity (Wildman–Crippen MR) is 86.8 cm³/mol. The first-order valence-electron chi connectivity index (χ1n) is 7.24. The fourth-order valence-corrected chi connectivity index (χ4v) is 3.16. The number of benzene rings is 1. The van der Waals surface area contributed by atoms with Gasteiger partial charge in [0.25, 0.3) is 0 Å². The van der Waals surface area contributed by atoms with Crippen LogP contribution in [0.15, 0.2) is 41.8 Å². The number of nitrogens with one attached hydrogen (secondary N) is 2. The van der Waals surface area contributed by atoms with E-state index in [1.807, 2.05) is 17.5 Å². The summed E-state index contributed by atoms with van der Waals surface area (Å²) in [6, 6.07) is 9.16. The minimum absolute atomic E-state index is 0.126. The van der Waals surface area contributed by atoms with Crippen molar-refractivity contribution in [3.8, 4) is 0 Å². The maximum absolute atomic E-state index is 13.3. The van der Waals surface area contributed by atoms with Crippen molar-refractivity contribution in [3.63, 3.8) is 0 Å². The Hall–Kier alpha value is -2.41. The van der Waals surface area contributed by atoms with Crippen molar-refractivity contribution in [1.29, 1.82) is 0 Å². The first-order valence-corrected chi connectivity index (χ1v) is 8.12. The van der Waals surface area contributed by atoms with Gasteiger partial charge in [0.05, 0.1) is 12.6 Å². The summed E-state index contributed by atoms with van der Waals surface area (Å²) in [7, 11) is 0. The number of amides is 3. The van der Waals surface area contributed by atoms with Crippen LogP contribution in [0.1, 0.15) is 11.3 Å². The number of urea groups is 1. The van der Waals surface area contributed by atoms with Crippen LogP contribution in [0.4, 0.5) is 14.9 Å². The number of carbonyl (C=O) groups excluding carboxylic acids is 2. The van der Waals surface area contributed by atoms with E-state index in [0.29, 0.717) is 18.8 Å². The van der Waals surface area contributed by atoms with Crippen LogP contribution < -0.4 is 15.5 Å². The molecule has 5 nitrogen and oxygen atoms in total. The second-order valence-corrected chi connectivity index (χ2v) is 6.32. The molecule has 1 aromatic heterocycles. The predicted octanol–water partition coefficient (Wildman–Crippen LogP) is 2.49. The van der Waals surface area contributed by atoms with Crippen LogP contribution in [0.25, 0.3) is 0 Å². The van der Waals surface area contributed by atoms with Crippen LogP contribution in [0.2, 0.25) is 0 Å². The number of hydrogen-bond acceptors (Lipinski definition) is 3. The summed E-state index contributed by atoms with van der Waals surface area (Å²) in [4.78, 5) is 26.5. The van der Waals surface area contributed by atoms with E-state index in [-0.39, 0.29) is 30.2 Å². The van der Waals surface area contributed by atoms with Crippen molar-refractivity contribution in [1.82, 2.24) is 10.6 Å². The normalized spacial score (nSPS) is 17.3. The maximum Gasteiger partial charge on any atom is 0.315 e. The monoisotopic (exact) mass is 333 g/mol. The Morgan fingerprint density at radius 3 is 2.96 bits per heavy atom. The summed E-state index contributed by atoms with van der Waals surface area (Å²) in [5.74, 6) is -0.514. The largest absolute Gasteiger partial charge is 0.333 e. The summed E-state index contributed by atoms with van der Waals surface area (Å²) in [5.41, 5.74) is 0.512. The highest BCUT2D eigenvalue weighted by atomic mass is 32.1. The van der Waals surface area contributed by atoms with Crippen LogP contribution in [-0.2, 0) is 11.3 Å². The second-order valence-electron chi connectivity index (χ2n) is 5.29. The number of hydrogen-bond donors (Lipinski definition) is 2. The zero-order chi connectivity index (χ0) is 16.2. The lowest BCUT2D eigenvalue weighted by Crippen LogP contribution is -2.43. The van der Waals surface area contributed by atoms with Gasteiger partial charge in [0.1, 0.15) is 5.82 Å². The minimum Gasteiger partial charge on any atom is -0.333 e. The lowest BCUT2D eigenvalue weighted by atomic mass is 10.2. The average Bonchev–Trinajstić information content (AvgIpc) is 3.15. The fourth-order valence-electron chi connectivity index (χ4n) is 2.51. The molecule has 2 heterocycles. The Balaban J connectivity index is 1.54. The molecule has 0 aliphatic carbocycles. The number of nitrogens with zero attached hydrogens (tertiary/aromatic N) is 1. The third-order valence-electron chi connectivity index (χ3n) is 3.58. The van der Waals surface area contributed by atoms with Crippen molar-refractivity contribution >= 4 is 29.0 Å². The van der Waals surface area contributed by atoms with Gasteiger partial charge in [0, 0.05) is 23.5 Å². The van der Waals surface area contributed by atoms with E-state index in [2.05, 4.69) is 10.6 Å². The van der Waals surface area contributed by atoms with Crippen molar-refractivity contribution in [2.24, 2.45) is 0 Å². The molecule has 1 aliphatic rings. The quantitative estimate of drug-likeness (QED) is 0.903. The van der Waals surface area contributed by atoms with Gasteiger partial charge in [0.15, 0.2) is 0 Å². The van der Waals surface area contributed by atoms with E-state index in [4.69, 9.17) is 0 Å². The summed E-state index contributed by atoms with van der Waals surface area (Å²) in [5, 5.41) is 7.49. The minimum atomic E-state index is -0.389. The lowest BCUT2D eigenvalue weighted by molar-refractivity contribution is -0.117. The van der Waals surface area contributed by atoms with Crippen molar-refractivity contribution in [2.75, 3.05) is 11.4 Å². The van der Waals surface area contributed by atoms with Gasteiger partial charge >= 0.3 is 6.03 Å². The van der Waals surface area contributed by atoms with E-state index >= 15 is 0 Å². The SMILES string of the molecule is O=C(NCc1cccs1)N[C@H]1CC(=O)N(c2cccc(F)c2)C1. The van der Waals surface area contributed by atoms with Gasteiger partial charge in [-0.1, -0.05) is 12.1 Å². The molecule has 0 saturated carbocycles. The van der Waals surface area contributed by atoms with Crippen molar-refractivity contribution < 1.29 is 14.0 Å². The van der Waals surface area contributed by atoms with Crippen LogP contribution >= 0.6 is 11.3 Å². The average molecular weight is 333 g/mol. The maximum atomic E-state index is 13.3. The Labute approximate surface area is 137 Å². The van der Waals surface area contributed by atoms with Crippen LogP contribution in [0.5, 0.6) is 0 Å². The smallest absolute Gasteiger partial charge is 0.315 e.